The van der Waals surface area contributed by atoms with E-state index in [1.165, 1.54) is 10.5 Å². The van der Waals surface area contributed by atoms with Gasteiger partial charge in [0.05, 0.1) is 0 Å². The van der Waals surface area contributed by atoms with Crippen molar-refractivity contribution in [2.45, 2.75) is 11.4 Å². The maximum atomic E-state index is 3.58. The predicted molar refractivity (Wildman–Crippen MR) is 82.8 cm³/mol. The van der Waals surface area contributed by atoms with E-state index in [1.54, 1.807) is 11.8 Å². The molecule has 0 aliphatic carbocycles. The van der Waals surface area contributed by atoms with Crippen LogP contribution in [-0.4, -0.2) is 6.26 Å². The Hall–Kier alpha value is -0.970. The van der Waals surface area contributed by atoms with Crippen LogP contribution in [0.4, 0.5) is 5.69 Å². The summed E-state index contributed by atoms with van der Waals surface area (Å²) in [5.74, 6) is 0. The molecule has 2 aromatic carbocycles. The summed E-state index contributed by atoms with van der Waals surface area (Å²) in [5.41, 5.74) is 8.68. The number of hydrogen-bond acceptors (Lipinski definition) is 3. The molecule has 2 N–H and O–H groups in total. The lowest BCUT2D eigenvalue weighted by Gasteiger charge is -2.09. The Kier molecular flexibility index (Phi) is 5.11. The molecule has 0 radical (unpaired) electrons. The summed E-state index contributed by atoms with van der Waals surface area (Å²) in [5, 5.41) is 0. The molecule has 0 spiro atoms. The summed E-state index contributed by atoms with van der Waals surface area (Å²) in [6, 6.07) is 16.5. The summed E-state index contributed by atoms with van der Waals surface area (Å²) >= 11 is 5.32. The van der Waals surface area contributed by atoms with Crippen LogP contribution in [0, 0.1) is 0 Å². The van der Waals surface area contributed by atoms with Gasteiger partial charge in [0.25, 0.3) is 0 Å². The minimum atomic E-state index is 0.780. The molecule has 0 saturated carbocycles. The van der Waals surface area contributed by atoms with E-state index >= 15 is 0 Å². The van der Waals surface area contributed by atoms with Gasteiger partial charge in [-0.15, -0.1) is 11.8 Å². The van der Waals surface area contributed by atoms with Gasteiger partial charge in [-0.1, -0.05) is 24.3 Å². The first-order valence-corrected chi connectivity index (χ1v) is 7.67. The molecule has 0 aliphatic heterocycles. The van der Waals surface area contributed by atoms with Gasteiger partial charge in [-0.3, -0.25) is 0 Å². The lowest BCUT2D eigenvalue weighted by atomic mass is 10.2. The smallest absolute Gasteiger partial charge is 0.0487 e. The lowest BCUT2D eigenvalue weighted by molar-refractivity contribution is 0.800. The Balaban J connectivity index is 1.89. The van der Waals surface area contributed by atoms with E-state index in [-0.39, 0.29) is 0 Å². The quantitative estimate of drug-likeness (QED) is 0.634. The summed E-state index contributed by atoms with van der Waals surface area (Å²) in [7, 11) is 0. The van der Waals surface area contributed by atoms with E-state index in [4.69, 9.17) is 0 Å². The molecule has 0 saturated heterocycles. The third kappa shape index (κ3) is 3.77. The third-order valence-corrected chi connectivity index (χ3v) is 4.23. The summed E-state index contributed by atoms with van der Waals surface area (Å²) in [6.45, 7) is 0.780. The van der Waals surface area contributed by atoms with Crippen LogP contribution in [0.5, 0.6) is 0 Å². The van der Waals surface area contributed by atoms with Crippen molar-refractivity contribution in [1.82, 2.24) is 5.43 Å². The van der Waals surface area contributed by atoms with Crippen LogP contribution in [0.2, 0.25) is 0 Å². The fourth-order valence-electron chi connectivity index (χ4n) is 1.59. The monoisotopic (exact) mass is 322 g/mol. The molecule has 0 atom stereocenters. The van der Waals surface area contributed by atoms with Crippen molar-refractivity contribution in [3.63, 3.8) is 0 Å². The normalized spacial score (nSPS) is 10.3. The first-order valence-electron chi connectivity index (χ1n) is 5.66. The summed E-state index contributed by atoms with van der Waals surface area (Å²) in [6.07, 6.45) is 2.08. The van der Waals surface area contributed by atoms with Gasteiger partial charge in [0.2, 0.25) is 0 Å². The van der Waals surface area contributed by atoms with Gasteiger partial charge in [0.1, 0.15) is 0 Å². The van der Waals surface area contributed by atoms with Gasteiger partial charge >= 0.3 is 0 Å². The Labute approximate surface area is 120 Å². The van der Waals surface area contributed by atoms with Crippen LogP contribution in [0.15, 0.2) is 57.9 Å². The van der Waals surface area contributed by atoms with E-state index in [0.29, 0.717) is 0 Å². The highest BCUT2D eigenvalue weighted by atomic mass is 79.9. The third-order valence-electron chi connectivity index (χ3n) is 2.52. The maximum Gasteiger partial charge on any atom is 0.0487 e. The topological polar surface area (TPSA) is 24.1 Å². The number of halogens is 1. The zero-order valence-electron chi connectivity index (χ0n) is 10.1. The minimum Gasteiger partial charge on any atom is -0.321 e. The first kappa shape index (κ1) is 13.5. The van der Waals surface area contributed by atoms with Gasteiger partial charge in [0.15, 0.2) is 0 Å². The van der Waals surface area contributed by atoms with Crippen LogP contribution in [0.3, 0.4) is 0 Å². The second-order valence-electron chi connectivity index (χ2n) is 3.81. The number of anilines is 1. The van der Waals surface area contributed by atoms with E-state index in [2.05, 4.69) is 51.2 Å². The molecule has 0 heterocycles. The highest BCUT2D eigenvalue weighted by Gasteiger charge is 2.00. The number of rotatable bonds is 5. The first-order chi connectivity index (χ1) is 8.79. The van der Waals surface area contributed by atoms with Gasteiger partial charge in [-0.05, 0) is 52.0 Å². The number of hydrogen-bond donors (Lipinski definition) is 2. The maximum absolute atomic E-state index is 3.58. The lowest BCUT2D eigenvalue weighted by Crippen LogP contribution is -2.20. The Bertz CT molecular complexity index is 502. The van der Waals surface area contributed by atoms with Gasteiger partial charge < -0.3 is 5.43 Å². The molecule has 2 rings (SSSR count). The zero-order valence-corrected chi connectivity index (χ0v) is 12.5. The van der Waals surface area contributed by atoms with Gasteiger partial charge in [0, 0.05) is 21.6 Å². The van der Waals surface area contributed by atoms with Crippen molar-refractivity contribution in [1.29, 1.82) is 0 Å². The zero-order chi connectivity index (χ0) is 12.8. The van der Waals surface area contributed by atoms with Crippen LogP contribution in [-0.2, 0) is 6.54 Å². The molecule has 2 aromatic rings. The van der Waals surface area contributed by atoms with Crippen molar-refractivity contribution in [2.75, 3.05) is 11.7 Å². The fraction of sp³-hybridized carbons (Fsp3) is 0.143. The molecule has 18 heavy (non-hydrogen) atoms. The van der Waals surface area contributed by atoms with Crippen LogP contribution >= 0.6 is 27.7 Å². The Morgan fingerprint density at radius 1 is 1.11 bits per heavy atom. The number of hydrazine groups is 1. The second kappa shape index (κ2) is 6.83. The fourth-order valence-corrected chi connectivity index (χ4v) is 2.96. The number of nitrogens with one attached hydrogen (secondary N) is 2. The molecule has 0 amide bonds. The van der Waals surface area contributed by atoms with E-state index in [1.807, 2.05) is 30.3 Å². The Morgan fingerprint density at radius 3 is 2.56 bits per heavy atom. The summed E-state index contributed by atoms with van der Waals surface area (Å²) in [4.78, 5) is 1.26. The molecular formula is C14H15BrN2S. The highest BCUT2D eigenvalue weighted by molar-refractivity contribution is 9.10. The number of thioether (sulfide) groups is 1. The molecule has 2 nitrogen and oxygen atoms in total. The SMILES string of the molecule is CSc1ccc(CNNc2ccccc2)cc1Br. The van der Waals surface area contributed by atoms with Crippen molar-refractivity contribution in [3.8, 4) is 0 Å². The predicted octanol–water partition coefficient (Wildman–Crippen LogP) is 4.29. The molecule has 4 heteroatoms. The van der Waals surface area contributed by atoms with Crippen molar-refractivity contribution in [3.05, 3.63) is 58.6 Å². The van der Waals surface area contributed by atoms with Crippen LogP contribution < -0.4 is 10.9 Å². The molecule has 0 aromatic heterocycles. The summed E-state index contributed by atoms with van der Waals surface area (Å²) < 4.78 is 1.15. The molecule has 0 aliphatic rings. The van der Waals surface area contributed by atoms with E-state index < -0.39 is 0 Å². The average molecular weight is 323 g/mol. The van der Waals surface area contributed by atoms with Gasteiger partial charge in [-0.2, -0.15) is 0 Å². The molecule has 0 fully saturated rings. The van der Waals surface area contributed by atoms with Crippen LogP contribution in [0.1, 0.15) is 5.56 Å². The standard InChI is InChI=1S/C14H15BrN2S/c1-18-14-8-7-11(9-13(14)15)10-16-17-12-5-3-2-4-6-12/h2-9,16-17H,10H2,1H3. The highest BCUT2D eigenvalue weighted by Crippen LogP contribution is 2.26. The number of benzene rings is 2. The second-order valence-corrected chi connectivity index (χ2v) is 5.52. The van der Waals surface area contributed by atoms with Crippen molar-refractivity contribution in [2.24, 2.45) is 0 Å². The number of para-hydroxylation sites is 1. The van der Waals surface area contributed by atoms with Crippen LogP contribution in [0.25, 0.3) is 0 Å². The molecule has 94 valence electrons. The molecular weight excluding hydrogens is 308 g/mol. The van der Waals surface area contributed by atoms with Crippen molar-refractivity contribution >= 4 is 33.4 Å². The molecule has 0 bridgehead atoms. The Morgan fingerprint density at radius 2 is 1.89 bits per heavy atom. The van der Waals surface area contributed by atoms with Crippen molar-refractivity contribution < 1.29 is 0 Å². The van der Waals surface area contributed by atoms with Gasteiger partial charge in [-0.25, -0.2) is 5.43 Å². The largest absolute Gasteiger partial charge is 0.321 e. The molecule has 0 unspecified atom stereocenters. The minimum absolute atomic E-state index is 0.780. The average Bonchev–Trinajstić information content (AvgIpc) is 2.40. The van der Waals surface area contributed by atoms with E-state index in [0.717, 1.165) is 16.7 Å². The van der Waals surface area contributed by atoms with E-state index in [9.17, 15) is 0 Å².